The summed E-state index contributed by atoms with van der Waals surface area (Å²) in [6.45, 7) is 4.77. The van der Waals surface area contributed by atoms with Crippen molar-refractivity contribution in [3.8, 4) is 23.0 Å². The van der Waals surface area contributed by atoms with Gasteiger partial charge in [0, 0.05) is 24.5 Å². The van der Waals surface area contributed by atoms with E-state index < -0.39 is 17.7 Å². The molecule has 9 heteroatoms. The Morgan fingerprint density at radius 2 is 1.56 bits per heavy atom. The Labute approximate surface area is 227 Å². The molecule has 0 spiro atoms. The summed E-state index contributed by atoms with van der Waals surface area (Å²) in [5.41, 5.74) is 1.62. The second-order valence-electron chi connectivity index (χ2n) is 9.47. The lowest BCUT2D eigenvalue weighted by atomic mass is 9.94. The smallest absolute Gasteiger partial charge is 0.295 e. The molecule has 1 atom stereocenters. The number of likely N-dealkylation sites (tertiary alicyclic amines) is 1. The first-order valence-electron chi connectivity index (χ1n) is 12.5. The Bertz CT molecular complexity index is 1340. The summed E-state index contributed by atoms with van der Waals surface area (Å²) in [7, 11) is 4.46. The molecular weight excluding hydrogens is 500 g/mol. The molecule has 3 aromatic rings. The molecule has 1 unspecified atom stereocenters. The van der Waals surface area contributed by atoms with Gasteiger partial charge < -0.3 is 29.0 Å². The molecule has 39 heavy (non-hydrogen) atoms. The van der Waals surface area contributed by atoms with Gasteiger partial charge in [0.2, 0.25) is 5.75 Å². The van der Waals surface area contributed by atoms with Crippen LogP contribution in [0.15, 0.2) is 66.5 Å². The number of Topliss-reactive ketones (excluding diaryl/α,β-unsaturated/α-hetero) is 1. The SMILES string of the molecule is COc1cc(C2/C(=C(\O)c3ccc(OCC(C)C)cc3)C(=O)C(=O)N2Cc2ccncc2)cc(OC)c1OC. The van der Waals surface area contributed by atoms with Crippen LogP contribution in [0.5, 0.6) is 23.0 Å². The second-order valence-corrected chi connectivity index (χ2v) is 9.47. The van der Waals surface area contributed by atoms with Crippen LogP contribution in [0.3, 0.4) is 0 Å². The van der Waals surface area contributed by atoms with Crippen molar-refractivity contribution in [3.63, 3.8) is 0 Å². The van der Waals surface area contributed by atoms with Crippen molar-refractivity contribution in [1.29, 1.82) is 0 Å². The van der Waals surface area contributed by atoms with Gasteiger partial charge in [0.25, 0.3) is 11.7 Å². The minimum absolute atomic E-state index is 0.0424. The lowest BCUT2D eigenvalue weighted by molar-refractivity contribution is -0.140. The fourth-order valence-electron chi connectivity index (χ4n) is 4.46. The Morgan fingerprint density at radius 3 is 2.10 bits per heavy atom. The topological polar surface area (TPSA) is 107 Å². The Hall–Kier alpha value is -4.53. The minimum Gasteiger partial charge on any atom is -0.507 e. The zero-order valence-corrected chi connectivity index (χ0v) is 22.6. The Balaban J connectivity index is 1.86. The number of methoxy groups -OCH3 is 3. The maximum absolute atomic E-state index is 13.4. The fourth-order valence-corrected chi connectivity index (χ4v) is 4.46. The van der Waals surface area contributed by atoms with Gasteiger partial charge in [-0.05, 0) is 65.6 Å². The average Bonchev–Trinajstić information content (AvgIpc) is 3.20. The van der Waals surface area contributed by atoms with Gasteiger partial charge in [-0.2, -0.15) is 0 Å². The molecule has 9 nitrogen and oxygen atoms in total. The van der Waals surface area contributed by atoms with Crippen LogP contribution in [-0.2, 0) is 16.1 Å². The first kappa shape index (κ1) is 27.5. The normalized spacial score (nSPS) is 16.5. The maximum Gasteiger partial charge on any atom is 0.295 e. The molecule has 1 amide bonds. The molecule has 0 radical (unpaired) electrons. The number of ether oxygens (including phenoxy) is 4. The second kappa shape index (κ2) is 11.9. The number of aliphatic hydroxyl groups excluding tert-OH is 1. The fraction of sp³-hybridized carbons (Fsp3) is 0.300. The van der Waals surface area contributed by atoms with Crippen LogP contribution in [-0.4, -0.2) is 54.6 Å². The van der Waals surface area contributed by atoms with E-state index in [1.807, 2.05) is 13.8 Å². The highest BCUT2D eigenvalue weighted by Crippen LogP contribution is 2.46. The molecule has 2 heterocycles. The van der Waals surface area contributed by atoms with Gasteiger partial charge in [0.1, 0.15) is 11.5 Å². The number of pyridine rings is 1. The molecule has 1 aliphatic rings. The van der Waals surface area contributed by atoms with Crippen LogP contribution in [0.25, 0.3) is 5.76 Å². The lowest BCUT2D eigenvalue weighted by Crippen LogP contribution is -2.29. The van der Waals surface area contributed by atoms with Crippen molar-refractivity contribution in [3.05, 3.63) is 83.2 Å². The van der Waals surface area contributed by atoms with E-state index in [-0.39, 0.29) is 17.9 Å². The number of carbonyl (C=O) groups is 2. The summed E-state index contributed by atoms with van der Waals surface area (Å²) in [4.78, 5) is 32.3. The van der Waals surface area contributed by atoms with Gasteiger partial charge in [-0.3, -0.25) is 14.6 Å². The number of rotatable bonds is 10. The molecule has 4 rings (SSSR count). The van der Waals surface area contributed by atoms with E-state index in [0.29, 0.717) is 46.6 Å². The van der Waals surface area contributed by atoms with Crippen LogP contribution in [0.1, 0.15) is 36.6 Å². The number of ketones is 1. The Kier molecular flexibility index (Phi) is 8.39. The van der Waals surface area contributed by atoms with Crippen molar-refractivity contribution in [2.75, 3.05) is 27.9 Å². The molecule has 1 saturated heterocycles. The van der Waals surface area contributed by atoms with E-state index in [2.05, 4.69) is 4.98 Å². The van der Waals surface area contributed by atoms with E-state index in [0.717, 1.165) is 5.56 Å². The number of hydrogen-bond acceptors (Lipinski definition) is 8. The average molecular weight is 533 g/mol. The third-order valence-corrected chi connectivity index (χ3v) is 6.36. The summed E-state index contributed by atoms with van der Waals surface area (Å²) in [6.07, 6.45) is 3.23. The number of amides is 1. The van der Waals surface area contributed by atoms with E-state index in [9.17, 15) is 14.7 Å². The van der Waals surface area contributed by atoms with Crippen LogP contribution < -0.4 is 18.9 Å². The van der Waals surface area contributed by atoms with Crippen molar-refractivity contribution in [2.45, 2.75) is 26.4 Å². The van der Waals surface area contributed by atoms with Crippen LogP contribution in [0, 0.1) is 5.92 Å². The highest BCUT2D eigenvalue weighted by molar-refractivity contribution is 6.46. The lowest BCUT2D eigenvalue weighted by Gasteiger charge is -2.26. The number of benzene rings is 2. The standard InChI is InChI=1S/C30H32N2O7/c1-18(2)17-39-22-8-6-20(7-9-22)27(33)25-26(21-14-23(36-3)29(38-5)24(15-21)37-4)32(30(35)28(25)34)16-19-10-12-31-13-11-19/h6-15,18,26,33H,16-17H2,1-5H3/b27-25+. The molecule has 0 saturated carbocycles. The number of aliphatic hydroxyl groups is 1. The third-order valence-electron chi connectivity index (χ3n) is 6.36. The van der Waals surface area contributed by atoms with Gasteiger partial charge in [0.15, 0.2) is 11.5 Å². The molecule has 0 aliphatic carbocycles. The minimum atomic E-state index is -0.927. The predicted molar refractivity (Wildman–Crippen MR) is 145 cm³/mol. The molecule has 0 bridgehead atoms. The zero-order chi connectivity index (χ0) is 28.1. The van der Waals surface area contributed by atoms with Crippen molar-refractivity contribution < 1.29 is 33.6 Å². The van der Waals surface area contributed by atoms with Gasteiger partial charge in [-0.25, -0.2) is 0 Å². The molecular formula is C30H32N2O7. The van der Waals surface area contributed by atoms with Crippen molar-refractivity contribution in [2.24, 2.45) is 5.92 Å². The van der Waals surface area contributed by atoms with E-state index in [4.69, 9.17) is 18.9 Å². The monoisotopic (exact) mass is 532 g/mol. The van der Waals surface area contributed by atoms with E-state index >= 15 is 0 Å². The summed E-state index contributed by atoms with van der Waals surface area (Å²) < 4.78 is 22.2. The summed E-state index contributed by atoms with van der Waals surface area (Å²) in [5, 5.41) is 11.4. The van der Waals surface area contributed by atoms with E-state index in [1.54, 1.807) is 60.9 Å². The molecule has 1 fully saturated rings. The highest BCUT2D eigenvalue weighted by Gasteiger charge is 2.46. The van der Waals surface area contributed by atoms with Crippen molar-refractivity contribution >= 4 is 17.4 Å². The van der Waals surface area contributed by atoms with Crippen LogP contribution >= 0.6 is 0 Å². The first-order valence-corrected chi connectivity index (χ1v) is 12.5. The Morgan fingerprint density at radius 1 is 0.949 bits per heavy atom. The quantitative estimate of drug-likeness (QED) is 0.226. The van der Waals surface area contributed by atoms with Gasteiger partial charge in [-0.15, -0.1) is 0 Å². The molecule has 1 aromatic heterocycles. The van der Waals surface area contributed by atoms with Crippen LogP contribution in [0.2, 0.25) is 0 Å². The first-order chi connectivity index (χ1) is 18.8. The summed E-state index contributed by atoms with van der Waals surface area (Å²) in [6, 6.07) is 12.7. The molecule has 204 valence electrons. The number of nitrogens with zero attached hydrogens (tertiary/aromatic N) is 2. The zero-order valence-electron chi connectivity index (χ0n) is 22.6. The van der Waals surface area contributed by atoms with E-state index in [1.165, 1.54) is 26.2 Å². The molecule has 2 aromatic carbocycles. The molecule has 1 N–H and O–H groups in total. The highest BCUT2D eigenvalue weighted by atomic mass is 16.5. The van der Waals surface area contributed by atoms with Gasteiger partial charge >= 0.3 is 0 Å². The number of carbonyl (C=O) groups excluding carboxylic acids is 2. The maximum atomic E-state index is 13.4. The van der Waals surface area contributed by atoms with Crippen LogP contribution in [0.4, 0.5) is 0 Å². The van der Waals surface area contributed by atoms with Gasteiger partial charge in [0.05, 0.1) is 39.6 Å². The number of hydrogen-bond donors (Lipinski definition) is 1. The van der Waals surface area contributed by atoms with Gasteiger partial charge in [-0.1, -0.05) is 13.8 Å². The van der Waals surface area contributed by atoms with Crippen molar-refractivity contribution in [1.82, 2.24) is 9.88 Å². The summed E-state index contributed by atoms with van der Waals surface area (Å²) in [5.74, 6) is 0.254. The molecule has 1 aliphatic heterocycles. The number of aromatic nitrogens is 1. The summed E-state index contributed by atoms with van der Waals surface area (Å²) >= 11 is 0. The largest absolute Gasteiger partial charge is 0.507 e. The predicted octanol–water partition coefficient (Wildman–Crippen LogP) is 4.76. The third kappa shape index (κ3) is 5.67.